The summed E-state index contributed by atoms with van der Waals surface area (Å²) in [6.45, 7) is 5.07. The van der Waals surface area contributed by atoms with Crippen molar-refractivity contribution in [3.8, 4) is 0 Å². The van der Waals surface area contributed by atoms with Crippen molar-refractivity contribution in [2.45, 2.75) is 25.8 Å². The van der Waals surface area contributed by atoms with Gasteiger partial charge in [0, 0.05) is 12.6 Å². The molecule has 1 aliphatic rings. The molecule has 1 saturated heterocycles. The number of rotatable bonds is 3. The Balaban J connectivity index is 2.02. The van der Waals surface area contributed by atoms with E-state index < -0.39 is 5.82 Å². The Kier molecular flexibility index (Phi) is 4.93. The summed E-state index contributed by atoms with van der Waals surface area (Å²) in [7, 11) is 0. The molecule has 1 aliphatic heterocycles. The second kappa shape index (κ2) is 6.48. The van der Waals surface area contributed by atoms with Crippen molar-refractivity contribution >= 4 is 21.8 Å². The van der Waals surface area contributed by atoms with Crippen LogP contribution < -0.4 is 5.32 Å². The number of piperidine rings is 1. The lowest BCUT2D eigenvalue weighted by Gasteiger charge is -2.32. The first-order valence-electron chi connectivity index (χ1n) is 6.59. The molecule has 0 spiro atoms. The summed E-state index contributed by atoms with van der Waals surface area (Å²) in [5.41, 5.74) is 0.355. The van der Waals surface area contributed by atoms with Crippen LogP contribution >= 0.6 is 15.9 Å². The van der Waals surface area contributed by atoms with E-state index in [2.05, 4.69) is 33.1 Å². The minimum Gasteiger partial charge on any atom is -0.348 e. The van der Waals surface area contributed by atoms with Crippen molar-refractivity contribution in [1.82, 2.24) is 10.2 Å². The van der Waals surface area contributed by atoms with Crippen LogP contribution in [0, 0.1) is 5.82 Å². The van der Waals surface area contributed by atoms with Gasteiger partial charge in [0.05, 0.1) is 10.0 Å². The van der Waals surface area contributed by atoms with Gasteiger partial charge in [-0.25, -0.2) is 4.39 Å². The van der Waals surface area contributed by atoms with Crippen molar-refractivity contribution in [3.63, 3.8) is 0 Å². The van der Waals surface area contributed by atoms with Gasteiger partial charge in [-0.15, -0.1) is 0 Å². The highest BCUT2D eigenvalue weighted by Crippen LogP contribution is 2.21. The molecule has 1 amide bonds. The van der Waals surface area contributed by atoms with Crippen molar-refractivity contribution in [1.29, 1.82) is 0 Å². The fourth-order valence-corrected chi connectivity index (χ4v) is 2.85. The molecule has 2 rings (SSSR count). The minimum absolute atomic E-state index is 0.149. The molecule has 1 unspecified atom stereocenters. The number of nitrogens with one attached hydrogen (secondary N) is 1. The Morgan fingerprint density at radius 3 is 3.11 bits per heavy atom. The lowest BCUT2D eigenvalue weighted by Crippen LogP contribution is -2.47. The molecule has 1 aromatic carbocycles. The molecule has 0 saturated carbocycles. The number of likely N-dealkylation sites (tertiary alicyclic amines) is 1. The summed E-state index contributed by atoms with van der Waals surface area (Å²) in [4.78, 5) is 14.5. The van der Waals surface area contributed by atoms with E-state index >= 15 is 0 Å². The van der Waals surface area contributed by atoms with Crippen molar-refractivity contribution < 1.29 is 9.18 Å². The van der Waals surface area contributed by atoms with Gasteiger partial charge in [-0.05, 0) is 54.0 Å². The molecular formula is C14H18BrFN2O. The molecule has 0 aliphatic carbocycles. The van der Waals surface area contributed by atoms with Gasteiger partial charge in [-0.1, -0.05) is 13.0 Å². The molecule has 19 heavy (non-hydrogen) atoms. The standard InChI is InChI=1S/C14H18BrFN2O/c1-2-18-8-4-5-10(9-18)17-14(19)11-6-3-7-12(16)13(11)15/h3,6-7,10H,2,4-5,8-9H2,1H3,(H,17,19). The van der Waals surface area contributed by atoms with E-state index in [1.54, 1.807) is 12.1 Å². The first-order valence-corrected chi connectivity index (χ1v) is 7.38. The molecule has 1 heterocycles. The normalized spacial score (nSPS) is 20.3. The fraction of sp³-hybridized carbons (Fsp3) is 0.500. The highest BCUT2D eigenvalue weighted by atomic mass is 79.9. The van der Waals surface area contributed by atoms with E-state index in [-0.39, 0.29) is 16.4 Å². The molecule has 0 radical (unpaired) electrons. The molecule has 1 atom stereocenters. The second-order valence-corrected chi connectivity index (χ2v) is 5.60. The first-order chi connectivity index (χ1) is 9.11. The van der Waals surface area contributed by atoms with E-state index in [0.717, 1.165) is 32.5 Å². The number of likely N-dealkylation sites (N-methyl/N-ethyl adjacent to an activating group) is 1. The smallest absolute Gasteiger partial charge is 0.252 e. The van der Waals surface area contributed by atoms with Crippen molar-refractivity contribution in [2.75, 3.05) is 19.6 Å². The SMILES string of the molecule is CCN1CCCC(NC(=O)c2cccc(F)c2Br)C1. The monoisotopic (exact) mass is 328 g/mol. The van der Waals surface area contributed by atoms with Crippen LogP contribution in [0.25, 0.3) is 0 Å². The van der Waals surface area contributed by atoms with Crippen LogP contribution in [-0.4, -0.2) is 36.5 Å². The number of nitrogens with zero attached hydrogens (tertiary/aromatic N) is 1. The lowest BCUT2D eigenvalue weighted by atomic mass is 10.1. The average Bonchev–Trinajstić information content (AvgIpc) is 2.42. The quantitative estimate of drug-likeness (QED) is 0.925. The maximum absolute atomic E-state index is 13.4. The summed E-state index contributed by atoms with van der Waals surface area (Å²) in [5, 5.41) is 2.99. The van der Waals surface area contributed by atoms with Crippen molar-refractivity contribution in [3.05, 3.63) is 34.1 Å². The summed E-state index contributed by atoms with van der Waals surface area (Å²) in [6, 6.07) is 4.66. The van der Waals surface area contributed by atoms with Crippen LogP contribution in [0.2, 0.25) is 0 Å². The van der Waals surface area contributed by atoms with Crippen LogP contribution in [0.5, 0.6) is 0 Å². The maximum Gasteiger partial charge on any atom is 0.252 e. The van der Waals surface area contributed by atoms with Crippen molar-refractivity contribution in [2.24, 2.45) is 0 Å². The van der Waals surface area contributed by atoms with E-state index in [0.29, 0.717) is 5.56 Å². The van der Waals surface area contributed by atoms with Crippen LogP contribution in [-0.2, 0) is 0 Å². The number of carbonyl (C=O) groups excluding carboxylic acids is 1. The zero-order chi connectivity index (χ0) is 13.8. The molecule has 0 aromatic heterocycles. The summed E-state index contributed by atoms with van der Waals surface area (Å²) >= 11 is 3.12. The Bertz CT molecular complexity index is 467. The third-order valence-corrected chi connectivity index (χ3v) is 4.29. The van der Waals surface area contributed by atoms with Crippen LogP contribution in [0.15, 0.2) is 22.7 Å². The largest absolute Gasteiger partial charge is 0.348 e. The zero-order valence-electron chi connectivity index (χ0n) is 11.0. The molecule has 104 valence electrons. The molecule has 0 bridgehead atoms. The number of benzene rings is 1. The maximum atomic E-state index is 13.4. The van der Waals surface area contributed by atoms with Crippen LogP contribution in [0.1, 0.15) is 30.1 Å². The third kappa shape index (κ3) is 3.54. The Morgan fingerprint density at radius 1 is 1.58 bits per heavy atom. The predicted octanol–water partition coefficient (Wildman–Crippen LogP) is 2.80. The first kappa shape index (κ1) is 14.5. The molecule has 3 nitrogen and oxygen atoms in total. The molecule has 1 N–H and O–H groups in total. The zero-order valence-corrected chi connectivity index (χ0v) is 12.5. The lowest BCUT2D eigenvalue weighted by molar-refractivity contribution is 0.0904. The summed E-state index contributed by atoms with van der Waals surface area (Å²) in [5.74, 6) is -0.624. The van der Waals surface area contributed by atoms with Gasteiger partial charge in [0.1, 0.15) is 5.82 Å². The Labute approximate surface area is 121 Å². The van der Waals surface area contributed by atoms with E-state index in [9.17, 15) is 9.18 Å². The van der Waals surface area contributed by atoms with Gasteiger partial charge >= 0.3 is 0 Å². The van der Waals surface area contributed by atoms with Crippen LogP contribution in [0.4, 0.5) is 4.39 Å². The van der Waals surface area contributed by atoms with Gasteiger partial charge < -0.3 is 10.2 Å². The van der Waals surface area contributed by atoms with E-state index in [1.165, 1.54) is 6.07 Å². The highest BCUT2D eigenvalue weighted by Gasteiger charge is 2.22. The topological polar surface area (TPSA) is 32.3 Å². The Hall–Kier alpha value is -0.940. The molecule has 1 aromatic rings. The van der Waals surface area contributed by atoms with Crippen LogP contribution in [0.3, 0.4) is 0 Å². The summed E-state index contributed by atoms with van der Waals surface area (Å²) < 4.78 is 13.6. The number of amides is 1. The fourth-order valence-electron chi connectivity index (χ4n) is 2.40. The van der Waals surface area contributed by atoms with E-state index in [4.69, 9.17) is 0 Å². The summed E-state index contributed by atoms with van der Waals surface area (Å²) in [6.07, 6.45) is 2.07. The second-order valence-electron chi connectivity index (χ2n) is 4.81. The van der Waals surface area contributed by atoms with Gasteiger partial charge in [0.15, 0.2) is 0 Å². The Morgan fingerprint density at radius 2 is 2.37 bits per heavy atom. The third-order valence-electron chi connectivity index (χ3n) is 3.48. The average molecular weight is 329 g/mol. The molecular weight excluding hydrogens is 311 g/mol. The van der Waals surface area contributed by atoms with Gasteiger partial charge in [-0.2, -0.15) is 0 Å². The minimum atomic E-state index is -0.411. The number of hydrogen-bond acceptors (Lipinski definition) is 2. The number of carbonyl (C=O) groups is 1. The number of hydrogen-bond donors (Lipinski definition) is 1. The van der Waals surface area contributed by atoms with Gasteiger partial charge in [0.2, 0.25) is 0 Å². The van der Waals surface area contributed by atoms with Gasteiger partial charge in [-0.3, -0.25) is 4.79 Å². The van der Waals surface area contributed by atoms with Gasteiger partial charge in [0.25, 0.3) is 5.91 Å². The predicted molar refractivity (Wildman–Crippen MR) is 76.7 cm³/mol. The molecule has 5 heteroatoms. The number of halogens is 2. The van der Waals surface area contributed by atoms with E-state index in [1.807, 2.05) is 0 Å². The molecule has 1 fully saturated rings. The highest BCUT2D eigenvalue weighted by molar-refractivity contribution is 9.10.